The number of hydrogen-bond donors (Lipinski definition) is 1. The third kappa shape index (κ3) is 6.39. The highest BCUT2D eigenvalue weighted by molar-refractivity contribution is 8.18. The second-order valence-electron chi connectivity index (χ2n) is 7.15. The largest absolute Gasteiger partial charge is 0.494 e. The van der Waals surface area contributed by atoms with Gasteiger partial charge in [0.15, 0.2) is 0 Å². The van der Waals surface area contributed by atoms with Gasteiger partial charge in [-0.2, -0.15) is 0 Å². The van der Waals surface area contributed by atoms with Crippen LogP contribution in [0, 0.1) is 0 Å². The van der Waals surface area contributed by atoms with E-state index in [1.807, 2.05) is 6.92 Å². The third-order valence-electron chi connectivity index (χ3n) is 4.57. The highest BCUT2D eigenvalue weighted by Crippen LogP contribution is 2.32. The first kappa shape index (κ1) is 25.3. The van der Waals surface area contributed by atoms with Crippen molar-refractivity contribution in [3.8, 4) is 5.75 Å². The number of benzene rings is 2. The van der Waals surface area contributed by atoms with Crippen molar-refractivity contribution in [3.63, 3.8) is 0 Å². The van der Waals surface area contributed by atoms with Crippen LogP contribution >= 0.6 is 23.4 Å². The molecule has 1 saturated heterocycles. The van der Waals surface area contributed by atoms with Gasteiger partial charge in [0, 0.05) is 5.69 Å². The van der Waals surface area contributed by atoms with Gasteiger partial charge in [-0.3, -0.25) is 19.3 Å². The van der Waals surface area contributed by atoms with Gasteiger partial charge in [0.1, 0.15) is 12.3 Å². The molecule has 178 valence electrons. The fourth-order valence-electron chi connectivity index (χ4n) is 2.98. The van der Waals surface area contributed by atoms with Crippen LogP contribution in [0.1, 0.15) is 36.2 Å². The van der Waals surface area contributed by atoms with E-state index in [9.17, 15) is 19.2 Å². The maximum Gasteiger partial charge on any atom is 0.339 e. The molecule has 0 spiro atoms. The van der Waals surface area contributed by atoms with Gasteiger partial charge in [-0.15, -0.1) is 0 Å². The molecule has 1 aliphatic rings. The van der Waals surface area contributed by atoms with Crippen molar-refractivity contribution >= 4 is 58.1 Å². The van der Waals surface area contributed by atoms with E-state index >= 15 is 0 Å². The molecule has 34 heavy (non-hydrogen) atoms. The molecular weight excluding hydrogens is 480 g/mol. The first-order valence-electron chi connectivity index (χ1n) is 10.6. The van der Waals surface area contributed by atoms with Gasteiger partial charge in [-0.1, -0.05) is 30.7 Å². The van der Waals surface area contributed by atoms with Crippen molar-refractivity contribution in [3.05, 3.63) is 63.5 Å². The summed E-state index contributed by atoms with van der Waals surface area (Å²) in [5, 5.41) is 2.20. The number of nitrogens with zero attached hydrogens (tertiary/aromatic N) is 1. The lowest BCUT2D eigenvalue weighted by Crippen LogP contribution is -2.36. The minimum atomic E-state index is -0.621. The molecule has 1 fully saturated rings. The zero-order chi connectivity index (χ0) is 24.7. The number of thioether (sulfide) groups is 1. The van der Waals surface area contributed by atoms with Crippen molar-refractivity contribution in [2.75, 3.05) is 25.1 Å². The van der Waals surface area contributed by atoms with Crippen LogP contribution in [-0.2, 0) is 14.3 Å². The topological polar surface area (TPSA) is 102 Å². The molecule has 1 heterocycles. The number of hydrogen-bond acceptors (Lipinski definition) is 7. The second-order valence-corrected chi connectivity index (χ2v) is 8.55. The number of halogens is 1. The Morgan fingerprint density at radius 2 is 1.85 bits per heavy atom. The molecule has 0 aliphatic carbocycles. The maximum absolute atomic E-state index is 12.7. The van der Waals surface area contributed by atoms with Gasteiger partial charge in [0.2, 0.25) is 5.91 Å². The number of nitrogens with one attached hydrogen (secondary N) is 1. The number of imide groups is 1. The molecule has 1 aliphatic heterocycles. The minimum absolute atomic E-state index is 0.0986. The summed E-state index contributed by atoms with van der Waals surface area (Å²) in [7, 11) is 0. The summed E-state index contributed by atoms with van der Waals surface area (Å²) in [5.41, 5.74) is 1.11. The van der Waals surface area contributed by atoms with Crippen molar-refractivity contribution in [1.29, 1.82) is 0 Å². The average molecular weight is 503 g/mol. The van der Waals surface area contributed by atoms with Gasteiger partial charge in [-0.25, -0.2) is 4.79 Å². The van der Waals surface area contributed by atoms with Crippen molar-refractivity contribution in [2.45, 2.75) is 20.3 Å². The van der Waals surface area contributed by atoms with Crippen LogP contribution in [0.15, 0.2) is 47.4 Å². The summed E-state index contributed by atoms with van der Waals surface area (Å²) in [5.74, 6) is -1.06. The number of carbonyl (C=O) groups excluding carboxylic acids is 4. The minimum Gasteiger partial charge on any atom is -0.494 e. The molecule has 2 aromatic rings. The normalized spacial score (nSPS) is 14.4. The number of esters is 1. The van der Waals surface area contributed by atoms with Crippen LogP contribution in [0.2, 0.25) is 5.02 Å². The first-order chi connectivity index (χ1) is 16.3. The molecule has 3 amide bonds. The standard InChI is InChI=1S/C24H23ClN2O6S/c1-3-11-33-17-8-5-15(6-9-17)12-20-22(29)27(24(31)34-20)14-21(28)26-16-7-10-19(25)18(13-16)23(30)32-4-2/h5-10,12-13H,3-4,11,14H2,1-2H3,(H,26,28)/b20-12-. The van der Waals surface area contributed by atoms with Crippen LogP contribution in [0.4, 0.5) is 10.5 Å². The third-order valence-corrected chi connectivity index (χ3v) is 5.81. The van der Waals surface area contributed by atoms with Crippen molar-refractivity contribution in [1.82, 2.24) is 4.90 Å². The molecule has 8 nitrogen and oxygen atoms in total. The average Bonchev–Trinajstić information content (AvgIpc) is 3.07. The lowest BCUT2D eigenvalue weighted by molar-refractivity contribution is -0.127. The highest BCUT2D eigenvalue weighted by atomic mass is 35.5. The first-order valence-corrected chi connectivity index (χ1v) is 11.8. The number of carbonyl (C=O) groups is 4. The van der Waals surface area contributed by atoms with E-state index in [0.717, 1.165) is 34.4 Å². The van der Waals surface area contributed by atoms with Gasteiger partial charge in [-0.05, 0) is 67.1 Å². The van der Waals surface area contributed by atoms with E-state index in [0.29, 0.717) is 6.61 Å². The molecule has 2 aromatic carbocycles. The van der Waals surface area contributed by atoms with Gasteiger partial charge in [0.25, 0.3) is 11.1 Å². The monoisotopic (exact) mass is 502 g/mol. The Balaban J connectivity index is 1.65. The number of rotatable bonds is 9. The van der Waals surface area contributed by atoms with Crippen LogP contribution in [0.3, 0.4) is 0 Å². The Kier molecular flexibility index (Phi) is 8.72. The van der Waals surface area contributed by atoms with Crippen LogP contribution in [-0.4, -0.2) is 47.7 Å². The summed E-state index contributed by atoms with van der Waals surface area (Å²) >= 11 is 6.79. The number of anilines is 1. The summed E-state index contributed by atoms with van der Waals surface area (Å²) < 4.78 is 10.5. The quantitative estimate of drug-likeness (QED) is 0.381. The van der Waals surface area contributed by atoms with Crippen LogP contribution in [0.25, 0.3) is 6.08 Å². The van der Waals surface area contributed by atoms with Gasteiger partial charge in [0.05, 0.1) is 28.7 Å². The molecule has 0 aromatic heterocycles. The summed E-state index contributed by atoms with van der Waals surface area (Å²) in [6.07, 6.45) is 2.49. The molecular formula is C24H23ClN2O6S. The Morgan fingerprint density at radius 3 is 2.53 bits per heavy atom. The Bertz CT molecular complexity index is 1130. The molecule has 1 N–H and O–H groups in total. The van der Waals surface area contributed by atoms with E-state index < -0.39 is 29.6 Å². The Hall–Kier alpha value is -3.30. The van der Waals surface area contributed by atoms with E-state index in [2.05, 4.69) is 5.32 Å². The summed E-state index contributed by atoms with van der Waals surface area (Å²) in [6.45, 7) is 4.00. The van der Waals surface area contributed by atoms with Crippen LogP contribution in [0.5, 0.6) is 5.75 Å². The fourth-order valence-corrected chi connectivity index (χ4v) is 4.01. The van der Waals surface area contributed by atoms with Crippen molar-refractivity contribution in [2.24, 2.45) is 0 Å². The number of amides is 3. The molecule has 0 radical (unpaired) electrons. The Labute approximate surface area is 206 Å². The number of ether oxygens (including phenoxy) is 2. The smallest absolute Gasteiger partial charge is 0.339 e. The van der Waals surface area contributed by atoms with Crippen molar-refractivity contribution < 1.29 is 28.7 Å². The molecule has 3 rings (SSSR count). The lowest BCUT2D eigenvalue weighted by atomic mass is 10.2. The highest BCUT2D eigenvalue weighted by Gasteiger charge is 2.36. The lowest BCUT2D eigenvalue weighted by Gasteiger charge is -2.13. The molecule has 0 bridgehead atoms. The molecule has 0 saturated carbocycles. The van der Waals surface area contributed by atoms with E-state index in [4.69, 9.17) is 21.1 Å². The predicted octanol–water partition coefficient (Wildman–Crippen LogP) is 4.98. The molecule has 0 unspecified atom stereocenters. The van der Waals surface area contributed by atoms with E-state index in [-0.39, 0.29) is 27.8 Å². The van der Waals surface area contributed by atoms with Gasteiger partial charge >= 0.3 is 5.97 Å². The zero-order valence-corrected chi connectivity index (χ0v) is 20.2. The molecule has 0 atom stereocenters. The maximum atomic E-state index is 12.7. The fraction of sp³-hybridized carbons (Fsp3) is 0.250. The second kappa shape index (κ2) is 11.7. The Morgan fingerprint density at radius 1 is 1.12 bits per heavy atom. The zero-order valence-electron chi connectivity index (χ0n) is 18.6. The van der Waals surface area contributed by atoms with Crippen LogP contribution < -0.4 is 10.1 Å². The molecule has 10 heteroatoms. The SMILES string of the molecule is CCCOc1ccc(/C=C2\SC(=O)N(CC(=O)Nc3ccc(Cl)c(C(=O)OCC)c3)C2=O)cc1. The van der Waals surface area contributed by atoms with E-state index in [1.165, 1.54) is 18.2 Å². The predicted molar refractivity (Wildman–Crippen MR) is 131 cm³/mol. The van der Waals surface area contributed by atoms with Gasteiger partial charge < -0.3 is 14.8 Å². The summed E-state index contributed by atoms with van der Waals surface area (Å²) in [4.78, 5) is 50.6. The summed E-state index contributed by atoms with van der Waals surface area (Å²) in [6, 6.07) is 11.5. The van der Waals surface area contributed by atoms with E-state index in [1.54, 1.807) is 37.3 Å².